The molecule has 0 aromatic carbocycles. The summed E-state index contributed by atoms with van der Waals surface area (Å²) in [5.41, 5.74) is 0. The van der Waals surface area contributed by atoms with Crippen LogP contribution in [0, 0.1) is 0 Å². The number of thiol groups is 1. The molecule has 1 aromatic rings. The number of nitrogens with zero attached hydrogens (tertiary/aromatic N) is 2. The molecule has 1 aromatic heterocycles. The zero-order chi connectivity index (χ0) is 8.10. The minimum atomic E-state index is -0.0264. The lowest BCUT2D eigenvalue weighted by atomic mass is 10.7. The van der Waals surface area contributed by atoms with Gasteiger partial charge in [-0.3, -0.25) is 0 Å². The Hall–Kier alpha value is -0.770. The summed E-state index contributed by atoms with van der Waals surface area (Å²) < 4.78 is 5.27. The normalized spacial score (nSPS) is 10.9. The number of hydrogen-bond acceptors (Lipinski definition) is 3. The summed E-state index contributed by atoms with van der Waals surface area (Å²) >= 11 is 0. The van der Waals surface area contributed by atoms with Crippen LogP contribution in [0.25, 0.3) is 0 Å². The van der Waals surface area contributed by atoms with Crippen LogP contribution in [-0.4, -0.2) is 28.4 Å². The van der Waals surface area contributed by atoms with E-state index in [9.17, 15) is 0 Å². The first-order chi connectivity index (χ1) is 5.29. The van der Waals surface area contributed by atoms with Crippen LogP contribution in [0.5, 0.6) is 6.01 Å². The van der Waals surface area contributed by atoms with Gasteiger partial charge in [0.15, 0.2) is 0 Å². The van der Waals surface area contributed by atoms with E-state index in [1.807, 2.05) is 0 Å². The van der Waals surface area contributed by atoms with E-state index in [4.69, 9.17) is 4.74 Å². The van der Waals surface area contributed by atoms with Gasteiger partial charge in [0.1, 0.15) is 5.94 Å². The maximum atomic E-state index is 5.27. The SMILES string of the molecule is C[SH](C)COc1ncccn1. The quantitative estimate of drug-likeness (QED) is 0.693. The highest BCUT2D eigenvalue weighted by Crippen LogP contribution is 2.13. The highest BCUT2D eigenvalue weighted by molar-refractivity contribution is 8.15. The van der Waals surface area contributed by atoms with Gasteiger partial charge in [0.2, 0.25) is 0 Å². The summed E-state index contributed by atoms with van der Waals surface area (Å²) in [6.07, 6.45) is 7.66. The minimum Gasteiger partial charge on any atom is -0.454 e. The molecule has 4 heteroatoms. The predicted octanol–water partition coefficient (Wildman–Crippen LogP) is 1.07. The molecule has 0 aliphatic carbocycles. The Morgan fingerprint density at radius 2 is 2.00 bits per heavy atom. The average Bonchev–Trinajstić information content (AvgIpc) is 2.03. The molecular weight excluding hydrogens is 160 g/mol. The summed E-state index contributed by atoms with van der Waals surface area (Å²) in [6.45, 7) is 0. The van der Waals surface area contributed by atoms with Crippen LogP contribution in [0.2, 0.25) is 0 Å². The maximum absolute atomic E-state index is 5.27. The van der Waals surface area contributed by atoms with Gasteiger partial charge in [0.25, 0.3) is 0 Å². The van der Waals surface area contributed by atoms with E-state index in [2.05, 4.69) is 22.5 Å². The second-order valence-electron chi connectivity index (χ2n) is 2.38. The van der Waals surface area contributed by atoms with Crippen molar-refractivity contribution in [3.63, 3.8) is 0 Å². The minimum absolute atomic E-state index is 0.0264. The highest BCUT2D eigenvalue weighted by atomic mass is 32.2. The van der Waals surface area contributed by atoms with Crippen LogP contribution in [-0.2, 0) is 0 Å². The first-order valence-corrected chi connectivity index (χ1v) is 5.76. The fourth-order valence-corrected chi connectivity index (χ4v) is 0.920. The number of ether oxygens (including phenoxy) is 1. The van der Waals surface area contributed by atoms with Crippen molar-refractivity contribution in [2.75, 3.05) is 18.5 Å². The standard InChI is InChI=1S/C7H12N2OS/c1-11(2)6-10-7-8-4-3-5-9-7/h3-5,11H,6H2,1-2H3. The largest absolute Gasteiger partial charge is 0.454 e. The molecule has 3 nitrogen and oxygen atoms in total. The molecule has 11 heavy (non-hydrogen) atoms. The molecule has 0 atom stereocenters. The fourth-order valence-electron chi connectivity index (χ4n) is 0.547. The molecule has 0 saturated carbocycles. The lowest BCUT2D eigenvalue weighted by Crippen LogP contribution is -1.99. The zero-order valence-corrected chi connectivity index (χ0v) is 7.58. The summed E-state index contributed by atoms with van der Waals surface area (Å²) in [4.78, 5) is 7.86. The maximum Gasteiger partial charge on any atom is 0.317 e. The van der Waals surface area contributed by atoms with Crippen molar-refractivity contribution in [1.29, 1.82) is 0 Å². The average molecular weight is 172 g/mol. The Labute approximate surface area is 69.2 Å². The van der Waals surface area contributed by atoms with Crippen molar-refractivity contribution in [2.24, 2.45) is 0 Å². The van der Waals surface area contributed by atoms with Crippen LogP contribution in [0.4, 0.5) is 0 Å². The number of aromatic nitrogens is 2. The van der Waals surface area contributed by atoms with Gasteiger partial charge in [-0.1, -0.05) is 0 Å². The molecule has 62 valence electrons. The molecule has 0 saturated heterocycles. The second-order valence-corrected chi connectivity index (χ2v) is 4.80. The van der Waals surface area contributed by atoms with Crippen molar-refractivity contribution < 1.29 is 4.74 Å². The topological polar surface area (TPSA) is 35.0 Å². The van der Waals surface area contributed by atoms with Crippen molar-refractivity contribution in [3.8, 4) is 6.01 Å². The lowest BCUT2D eigenvalue weighted by Gasteiger charge is -2.08. The van der Waals surface area contributed by atoms with Crippen molar-refractivity contribution in [3.05, 3.63) is 18.5 Å². The predicted molar refractivity (Wildman–Crippen MR) is 48.4 cm³/mol. The van der Waals surface area contributed by atoms with Gasteiger partial charge in [-0.05, 0) is 18.6 Å². The molecule has 0 fully saturated rings. The molecule has 0 radical (unpaired) electrons. The van der Waals surface area contributed by atoms with E-state index in [-0.39, 0.29) is 10.9 Å². The van der Waals surface area contributed by atoms with E-state index in [0.717, 1.165) is 5.94 Å². The van der Waals surface area contributed by atoms with Gasteiger partial charge in [-0.15, -0.1) is 0 Å². The van der Waals surface area contributed by atoms with Crippen LogP contribution < -0.4 is 4.74 Å². The van der Waals surface area contributed by atoms with Crippen LogP contribution in [0.15, 0.2) is 18.5 Å². The Bertz CT molecular complexity index is 203. The van der Waals surface area contributed by atoms with Gasteiger partial charge >= 0.3 is 6.01 Å². The van der Waals surface area contributed by atoms with E-state index in [1.54, 1.807) is 18.5 Å². The van der Waals surface area contributed by atoms with E-state index >= 15 is 0 Å². The number of rotatable bonds is 3. The molecule has 0 aliphatic heterocycles. The van der Waals surface area contributed by atoms with Gasteiger partial charge in [-0.2, -0.15) is 0 Å². The summed E-state index contributed by atoms with van der Waals surface area (Å²) in [5.74, 6) is 0.735. The number of hydrogen-bond donors (Lipinski definition) is 1. The van der Waals surface area contributed by atoms with Crippen molar-refractivity contribution >= 4 is 10.9 Å². The molecular formula is C7H12N2OS. The fraction of sp³-hybridized carbons (Fsp3) is 0.429. The smallest absolute Gasteiger partial charge is 0.317 e. The lowest BCUT2D eigenvalue weighted by molar-refractivity contribution is 0.359. The Morgan fingerprint density at radius 1 is 1.36 bits per heavy atom. The third kappa shape index (κ3) is 3.23. The molecule has 0 bridgehead atoms. The van der Waals surface area contributed by atoms with E-state index in [1.165, 1.54) is 0 Å². The molecule has 1 rings (SSSR count). The van der Waals surface area contributed by atoms with Gasteiger partial charge in [0.05, 0.1) is 0 Å². The van der Waals surface area contributed by atoms with Crippen LogP contribution in [0.1, 0.15) is 0 Å². The van der Waals surface area contributed by atoms with Gasteiger partial charge < -0.3 is 4.74 Å². The summed E-state index contributed by atoms with van der Waals surface area (Å²) in [7, 11) is -0.0264. The van der Waals surface area contributed by atoms with Crippen LogP contribution in [0.3, 0.4) is 0 Å². The van der Waals surface area contributed by atoms with Crippen molar-refractivity contribution in [2.45, 2.75) is 0 Å². The molecule has 1 heterocycles. The molecule has 0 N–H and O–H groups in total. The molecule has 0 aliphatic rings. The van der Waals surface area contributed by atoms with E-state index in [0.29, 0.717) is 6.01 Å². The van der Waals surface area contributed by atoms with E-state index < -0.39 is 0 Å². The zero-order valence-electron chi connectivity index (χ0n) is 6.69. The Balaban J connectivity index is 2.39. The third-order valence-electron chi connectivity index (χ3n) is 0.994. The van der Waals surface area contributed by atoms with Crippen molar-refractivity contribution in [1.82, 2.24) is 9.97 Å². The second kappa shape index (κ2) is 4.18. The van der Waals surface area contributed by atoms with Gasteiger partial charge in [0, 0.05) is 12.4 Å². The monoisotopic (exact) mass is 172 g/mol. The molecule has 0 amide bonds. The molecule has 0 unspecified atom stereocenters. The molecule has 0 spiro atoms. The van der Waals surface area contributed by atoms with Crippen LogP contribution >= 0.6 is 10.9 Å². The third-order valence-corrected chi connectivity index (χ3v) is 1.64. The Kier molecular flexibility index (Phi) is 3.16. The first kappa shape index (κ1) is 8.33. The summed E-state index contributed by atoms with van der Waals surface area (Å²) in [6, 6.07) is 2.25. The highest BCUT2D eigenvalue weighted by Gasteiger charge is 1.93. The first-order valence-electron chi connectivity index (χ1n) is 3.33. The summed E-state index contributed by atoms with van der Waals surface area (Å²) in [5, 5.41) is 0. The Morgan fingerprint density at radius 3 is 2.55 bits per heavy atom. The van der Waals surface area contributed by atoms with Gasteiger partial charge in [-0.25, -0.2) is 20.9 Å².